The van der Waals surface area contributed by atoms with Crippen LogP contribution in [0, 0.1) is 0 Å². The molecule has 11 heavy (non-hydrogen) atoms. The van der Waals surface area contributed by atoms with Gasteiger partial charge in [-0.3, -0.25) is 5.01 Å². The average molecular weight is 147 g/mol. The van der Waals surface area contributed by atoms with Crippen LogP contribution >= 0.6 is 0 Å². The zero-order chi connectivity index (χ0) is 7.52. The van der Waals surface area contributed by atoms with E-state index in [1.807, 2.05) is 41.6 Å². The van der Waals surface area contributed by atoms with Crippen LogP contribution in [0.3, 0.4) is 0 Å². The first-order valence-corrected chi connectivity index (χ1v) is 3.56. The predicted molar refractivity (Wildman–Crippen MR) is 45.4 cm³/mol. The van der Waals surface area contributed by atoms with E-state index >= 15 is 0 Å². The van der Waals surface area contributed by atoms with Crippen molar-refractivity contribution in [2.24, 2.45) is 5.10 Å². The number of rotatable bonds is 1. The topological polar surface area (TPSA) is 27.6 Å². The second-order valence-corrected chi connectivity index (χ2v) is 2.36. The van der Waals surface area contributed by atoms with Gasteiger partial charge in [0, 0.05) is 6.21 Å². The van der Waals surface area contributed by atoms with E-state index in [-0.39, 0.29) is 0 Å². The molecule has 1 N–H and O–H groups in total. The summed E-state index contributed by atoms with van der Waals surface area (Å²) in [5.41, 5.74) is 4.02. The summed E-state index contributed by atoms with van der Waals surface area (Å²) in [4.78, 5) is 0. The highest BCUT2D eigenvalue weighted by Crippen LogP contribution is 2.10. The summed E-state index contributed by atoms with van der Waals surface area (Å²) < 4.78 is 0. The van der Waals surface area contributed by atoms with E-state index in [1.54, 1.807) is 0 Å². The van der Waals surface area contributed by atoms with Crippen LogP contribution in [0.5, 0.6) is 0 Å². The van der Waals surface area contributed by atoms with Crippen LogP contribution in [0.1, 0.15) is 0 Å². The highest BCUT2D eigenvalue weighted by atomic mass is 15.7. The third-order valence-corrected chi connectivity index (χ3v) is 1.60. The third-order valence-electron chi connectivity index (χ3n) is 1.60. The molecule has 0 aliphatic carbocycles. The lowest BCUT2D eigenvalue weighted by atomic mass is 10.3. The van der Waals surface area contributed by atoms with Gasteiger partial charge in [-0.2, -0.15) is 5.10 Å². The fraction of sp³-hybridized carbons (Fsp3) is 0.125. The van der Waals surface area contributed by atoms with Gasteiger partial charge in [0.2, 0.25) is 0 Å². The number of benzene rings is 1. The van der Waals surface area contributed by atoms with Gasteiger partial charge in [-0.05, 0) is 12.1 Å². The fourth-order valence-corrected chi connectivity index (χ4v) is 1.04. The van der Waals surface area contributed by atoms with Crippen LogP contribution in [0.2, 0.25) is 0 Å². The molecule has 0 amide bonds. The van der Waals surface area contributed by atoms with Gasteiger partial charge in [0.15, 0.2) is 0 Å². The molecule has 0 spiro atoms. The van der Waals surface area contributed by atoms with Gasteiger partial charge in [-0.15, -0.1) is 0 Å². The van der Waals surface area contributed by atoms with Crippen molar-refractivity contribution in [2.75, 3.05) is 11.6 Å². The number of hydrogen-bond donors (Lipinski definition) is 1. The van der Waals surface area contributed by atoms with Crippen molar-refractivity contribution in [3.8, 4) is 0 Å². The van der Waals surface area contributed by atoms with E-state index in [1.165, 1.54) is 0 Å². The van der Waals surface area contributed by atoms with E-state index < -0.39 is 0 Å². The van der Waals surface area contributed by atoms with E-state index in [2.05, 4.69) is 10.6 Å². The van der Waals surface area contributed by atoms with Crippen molar-refractivity contribution in [2.45, 2.75) is 0 Å². The summed E-state index contributed by atoms with van der Waals surface area (Å²) in [6.45, 7) is 0.837. The molecule has 2 rings (SSSR count). The van der Waals surface area contributed by atoms with E-state index in [0.29, 0.717) is 0 Å². The maximum absolute atomic E-state index is 3.89. The van der Waals surface area contributed by atoms with Gasteiger partial charge >= 0.3 is 0 Å². The lowest BCUT2D eigenvalue weighted by Crippen LogP contribution is -2.29. The first-order chi connectivity index (χ1) is 5.47. The molecule has 1 aromatic carbocycles. The second-order valence-electron chi connectivity index (χ2n) is 2.36. The highest BCUT2D eigenvalue weighted by molar-refractivity contribution is 5.68. The number of anilines is 1. The first kappa shape index (κ1) is 6.22. The van der Waals surface area contributed by atoms with Gasteiger partial charge in [0.1, 0.15) is 0 Å². The first-order valence-electron chi connectivity index (χ1n) is 3.56. The van der Waals surface area contributed by atoms with Crippen LogP contribution in [-0.4, -0.2) is 12.8 Å². The summed E-state index contributed by atoms with van der Waals surface area (Å²) in [6.07, 6.45) is 1.84. The molecule has 3 nitrogen and oxygen atoms in total. The molecule has 0 radical (unpaired) electrons. The lowest BCUT2D eigenvalue weighted by Gasteiger charge is -2.15. The molecular weight excluding hydrogens is 138 g/mol. The van der Waals surface area contributed by atoms with Gasteiger partial charge < -0.3 is 0 Å². The molecule has 0 saturated heterocycles. The quantitative estimate of drug-likeness (QED) is 0.641. The Bertz CT molecular complexity index is 247. The maximum Gasteiger partial charge on any atom is 0.0780 e. The zero-order valence-electron chi connectivity index (χ0n) is 6.07. The van der Waals surface area contributed by atoms with Crippen molar-refractivity contribution >= 4 is 11.9 Å². The lowest BCUT2D eigenvalue weighted by molar-refractivity contribution is 0.749. The summed E-state index contributed by atoms with van der Waals surface area (Å²) >= 11 is 0. The van der Waals surface area contributed by atoms with Gasteiger partial charge in [0.05, 0.1) is 12.2 Å². The van der Waals surface area contributed by atoms with Crippen molar-refractivity contribution < 1.29 is 0 Å². The summed E-state index contributed by atoms with van der Waals surface area (Å²) in [5.74, 6) is 0. The third kappa shape index (κ3) is 1.17. The summed E-state index contributed by atoms with van der Waals surface area (Å²) in [7, 11) is 0. The Balaban J connectivity index is 2.17. The minimum atomic E-state index is 0.837. The molecule has 1 aliphatic heterocycles. The Morgan fingerprint density at radius 1 is 1.27 bits per heavy atom. The molecule has 1 aliphatic rings. The van der Waals surface area contributed by atoms with Crippen LogP contribution < -0.4 is 10.5 Å². The molecule has 1 heterocycles. The van der Waals surface area contributed by atoms with Crippen molar-refractivity contribution in [3.05, 3.63) is 30.3 Å². The van der Waals surface area contributed by atoms with Crippen molar-refractivity contribution in [1.82, 2.24) is 5.53 Å². The van der Waals surface area contributed by atoms with Crippen LogP contribution in [0.15, 0.2) is 35.4 Å². The Kier molecular flexibility index (Phi) is 1.48. The number of hydrazone groups is 1. The Morgan fingerprint density at radius 3 is 2.73 bits per heavy atom. The zero-order valence-corrected chi connectivity index (χ0v) is 6.07. The number of nitrogens with zero attached hydrogens (tertiary/aromatic N) is 2. The number of hydrazine groups is 1. The van der Waals surface area contributed by atoms with Crippen LogP contribution in [-0.2, 0) is 0 Å². The smallest absolute Gasteiger partial charge is 0.0780 e. The Hall–Kier alpha value is -1.51. The van der Waals surface area contributed by atoms with Gasteiger partial charge in [-0.25, -0.2) is 5.53 Å². The SMILES string of the molecule is C1=NNN(c2ccccc2)C1. The van der Waals surface area contributed by atoms with Crippen molar-refractivity contribution in [1.29, 1.82) is 0 Å². The molecule has 0 atom stereocenters. The molecule has 56 valence electrons. The predicted octanol–water partition coefficient (Wildman–Crippen LogP) is 0.997. The summed E-state index contributed by atoms with van der Waals surface area (Å²) in [5, 5.41) is 5.86. The standard InChI is InChI=1S/C8H9N3/c1-2-4-8(5-3-1)11-7-6-9-10-11/h1-6,10H,7H2. The minimum Gasteiger partial charge on any atom is -0.267 e. The van der Waals surface area contributed by atoms with E-state index in [0.717, 1.165) is 12.2 Å². The molecule has 0 bridgehead atoms. The number of nitrogens with one attached hydrogen (secondary N) is 1. The van der Waals surface area contributed by atoms with Gasteiger partial charge in [0.25, 0.3) is 0 Å². The molecule has 0 saturated carbocycles. The fourth-order valence-electron chi connectivity index (χ4n) is 1.04. The van der Waals surface area contributed by atoms with E-state index in [4.69, 9.17) is 0 Å². The largest absolute Gasteiger partial charge is 0.267 e. The Labute approximate surface area is 65.3 Å². The van der Waals surface area contributed by atoms with Gasteiger partial charge in [-0.1, -0.05) is 18.2 Å². The minimum absolute atomic E-state index is 0.837. The van der Waals surface area contributed by atoms with Crippen LogP contribution in [0.25, 0.3) is 0 Å². The highest BCUT2D eigenvalue weighted by Gasteiger charge is 2.05. The Morgan fingerprint density at radius 2 is 2.09 bits per heavy atom. The molecular formula is C8H9N3. The second kappa shape index (κ2) is 2.62. The van der Waals surface area contributed by atoms with Crippen LogP contribution in [0.4, 0.5) is 5.69 Å². The van der Waals surface area contributed by atoms with E-state index in [9.17, 15) is 0 Å². The maximum atomic E-state index is 3.89. The number of para-hydroxylation sites is 1. The molecule has 3 heteroatoms. The average Bonchev–Trinajstić information content (AvgIpc) is 2.58. The monoisotopic (exact) mass is 147 g/mol. The normalized spacial score (nSPS) is 15.1. The number of hydrogen-bond acceptors (Lipinski definition) is 3. The summed E-state index contributed by atoms with van der Waals surface area (Å²) in [6, 6.07) is 10.1. The molecule has 0 fully saturated rings. The molecule has 0 unspecified atom stereocenters. The molecule has 0 aromatic heterocycles. The molecule has 1 aromatic rings. The van der Waals surface area contributed by atoms with Crippen molar-refractivity contribution in [3.63, 3.8) is 0 Å².